The molecule has 3 aromatic rings. The number of amides is 2. The van der Waals surface area contributed by atoms with Crippen LogP contribution in [0, 0.1) is 5.92 Å². The van der Waals surface area contributed by atoms with E-state index in [0.717, 1.165) is 20.8 Å². The number of ether oxygens (including phenoxy) is 1. The van der Waals surface area contributed by atoms with Gasteiger partial charge in [-0.15, -0.1) is 0 Å². The molecule has 0 aliphatic carbocycles. The van der Waals surface area contributed by atoms with E-state index in [-0.39, 0.29) is 25.0 Å². The predicted octanol–water partition coefficient (Wildman–Crippen LogP) is 6.21. The van der Waals surface area contributed by atoms with Gasteiger partial charge in [-0.2, -0.15) is 0 Å². The first-order valence-electron chi connectivity index (χ1n) is 11.4. The minimum atomic E-state index is -0.633. The molecule has 2 amide bonds. The van der Waals surface area contributed by atoms with Gasteiger partial charge in [-0.1, -0.05) is 80.9 Å². The van der Waals surface area contributed by atoms with Crippen molar-refractivity contribution >= 4 is 50.1 Å². The molecule has 0 aromatic heterocycles. The monoisotopic (exact) mass is 544 g/mol. The third-order valence-electron chi connectivity index (χ3n) is 5.55. The molecule has 0 aliphatic heterocycles. The first kappa shape index (κ1) is 26.0. The molecule has 0 saturated heterocycles. The molecule has 5 nitrogen and oxygen atoms in total. The maximum Gasteiger partial charge on any atom is 0.261 e. The first-order valence-corrected chi connectivity index (χ1v) is 12.6. The van der Waals surface area contributed by atoms with Gasteiger partial charge in [0.2, 0.25) is 5.91 Å². The molecule has 0 aliphatic rings. The van der Waals surface area contributed by atoms with Crippen LogP contribution in [0.4, 0.5) is 0 Å². The van der Waals surface area contributed by atoms with Crippen LogP contribution in [-0.2, 0) is 16.1 Å². The summed E-state index contributed by atoms with van der Waals surface area (Å²) in [6, 6.07) is 18.4. The molecular weight excluding hydrogens is 516 g/mol. The van der Waals surface area contributed by atoms with Crippen molar-refractivity contribution in [1.29, 1.82) is 0 Å². The van der Waals surface area contributed by atoms with Crippen LogP contribution in [0.3, 0.4) is 0 Å². The van der Waals surface area contributed by atoms with E-state index in [9.17, 15) is 9.59 Å². The maximum absolute atomic E-state index is 13.4. The Labute approximate surface area is 214 Å². The predicted molar refractivity (Wildman–Crippen MR) is 141 cm³/mol. The molecule has 180 valence electrons. The van der Waals surface area contributed by atoms with E-state index in [2.05, 4.69) is 21.2 Å². The second-order valence-corrected chi connectivity index (χ2v) is 9.76. The molecule has 0 spiro atoms. The van der Waals surface area contributed by atoms with Crippen LogP contribution < -0.4 is 10.1 Å². The highest BCUT2D eigenvalue weighted by Gasteiger charge is 2.29. The van der Waals surface area contributed by atoms with Crippen molar-refractivity contribution in [2.24, 2.45) is 5.92 Å². The number of hydrogen-bond donors (Lipinski definition) is 1. The Kier molecular flexibility index (Phi) is 9.36. The van der Waals surface area contributed by atoms with E-state index < -0.39 is 6.04 Å². The van der Waals surface area contributed by atoms with Gasteiger partial charge in [0, 0.05) is 18.1 Å². The maximum atomic E-state index is 13.4. The van der Waals surface area contributed by atoms with Crippen molar-refractivity contribution in [3.05, 3.63) is 75.7 Å². The third kappa shape index (κ3) is 6.51. The van der Waals surface area contributed by atoms with Crippen molar-refractivity contribution in [2.75, 3.05) is 13.2 Å². The summed E-state index contributed by atoms with van der Waals surface area (Å²) in [5, 5.41) is 5.58. The Morgan fingerprint density at radius 2 is 1.76 bits per heavy atom. The number of hydrogen-bond acceptors (Lipinski definition) is 3. The van der Waals surface area contributed by atoms with Crippen LogP contribution in [-0.4, -0.2) is 35.9 Å². The summed E-state index contributed by atoms with van der Waals surface area (Å²) < 4.78 is 6.72. The summed E-state index contributed by atoms with van der Waals surface area (Å²) in [5.74, 6) is 0.417. The highest BCUT2D eigenvalue weighted by Crippen LogP contribution is 2.33. The third-order valence-corrected chi connectivity index (χ3v) is 6.73. The average Bonchev–Trinajstić information content (AvgIpc) is 2.83. The minimum Gasteiger partial charge on any atom is -0.483 e. The molecule has 3 rings (SSSR count). The van der Waals surface area contributed by atoms with Crippen LogP contribution in [0.1, 0.15) is 32.8 Å². The Morgan fingerprint density at radius 3 is 2.47 bits per heavy atom. The fourth-order valence-corrected chi connectivity index (χ4v) is 4.50. The molecule has 3 aromatic carbocycles. The average molecular weight is 546 g/mol. The quantitative estimate of drug-likeness (QED) is 0.329. The van der Waals surface area contributed by atoms with Crippen molar-refractivity contribution in [1.82, 2.24) is 10.2 Å². The second-order valence-electron chi connectivity index (χ2n) is 8.56. The molecule has 0 radical (unpaired) electrons. The molecule has 34 heavy (non-hydrogen) atoms. The molecule has 7 heteroatoms. The van der Waals surface area contributed by atoms with E-state index in [1.54, 1.807) is 11.0 Å². The van der Waals surface area contributed by atoms with Crippen LogP contribution in [0.2, 0.25) is 5.02 Å². The number of halogens is 2. The van der Waals surface area contributed by atoms with Gasteiger partial charge >= 0.3 is 0 Å². The summed E-state index contributed by atoms with van der Waals surface area (Å²) >= 11 is 9.98. The number of nitrogens with one attached hydrogen (secondary N) is 1. The summed E-state index contributed by atoms with van der Waals surface area (Å²) in [7, 11) is 0. The van der Waals surface area contributed by atoms with E-state index in [1.807, 2.05) is 75.4 Å². The van der Waals surface area contributed by atoms with E-state index in [4.69, 9.17) is 16.3 Å². The number of rotatable bonds is 10. The van der Waals surface area contributed by atoms with Gasteiger partial charge < -0.3 is 15.0 Å². The Balaban J connectivity index is 1.82. The highest BCUT2D eigenvalue weighted by molar-refractivity contribution is 9.10. The molecule has 0 fully saturated rings. The minimum absolute atomic E-state index is 0.177. The molecule has 1 N–H and O–H groups in total. The Bertz CT molecular complexity index is 1150. The second kappa shape index (κ2) is 12.2. The molecule has 0 unspecified atom stereocenters. The standard InChI is InChI=1S/C27H30BrClN2O3/c1-4-23(27(33)30-15-18(2)3)31(16-20-10-6-8-12-22(20)29)25(32)17-34-24-14-13-19-9-5-7-11-21(19)26(24)28/h5-14,18,23H,4,15-17H2,1-3H3,(H,30,33)/t23-/m0/s1. The van der Waals surface area contributed by atoms with Gasteiger partial charge in [-0.05, 0) is 56.7 Å². The fraction of sp³-hybridized carbons (Fsp3) is 0.333. The van der Waals surface area contributed by atoms with Gasteiger partial charge in [0.1, 0.15) is 11.8 Å². The lowest BCUT2D eigenvalue weighted by atomic mass is 10.1. The topological polar surface area (TPSA) is 58.6 Å². The zero-order valence-electron chi connectivity index (χ0n) is 19.7. The lowest BCUT2D eigenvalue weighted by Gasteiger charge is -2.31. The number of carbonyl (C=O) groups is 2. The van der Waals surface area contributed by atoms with E-state index in [0.29, 0.717) is 29.7 Å². The number of nitrogens with zero attached hydrogens (tertiary/aromatic N) is 1. The first-order chi connectivity index (χ1) is 16.3. The highest BCUT2D eigenvalue weighted by atomic mass is 79.9. The smallest absolute Gasteiger partial charge is 0.261 e. The normalized spacial score (nSPS) is 11.9. The largest absolute Gasteiger partial charge is 0.483 e. The Morgan fingerprint density at radius 1 is 1.06 bits per heavy atom. The summed E-state index contributed by atoms with van der Waals surface area (Å²) in [6.45, 7) is 6.52. The van der Waals surface area contributed by atoms with Crippen molar-refractivity contribution < 1.29 is 14.3 Å². The summed E-state index contributed by atoms with van der Waals surface area (Å²) in [6.07, 6.45) is 0.472. The van der Waals surface area contributed by atoms with E-state index in [1.165, 1.54) is 0 Å². The number of carbonyl (C=O) groups excluding carboxylic acids is 2. The van der Waals surface area contributed by atoms with Gasteiger partial charge in [0.15, 0.2) is 6.61 Å². The van der Waals surface area contributed by atoms with Gasteiger partial charge in [-0.3, -0.25) is 9.59 Å². The lowest BCUT2D eigenvalue weighted by Crippen LogP contribution is -2.50. The molecular formula is C27H30BrClN2O3. The number of benzene rings is 3. The lowest BCUT2D eigenvalue weighted by molar-refractivity contribution is -0.143. The van der Waals surface area contributed by atoms with Gasteiger partial charge in [0.05, 0.1) is 4.47 Å². The van der Waals surface area contributed by atoms with Crippen molar-refractivity contribution in [3.63, 3.8) is 0 Å². The van der Waals surface area contributed by atoms with Crippen molar-refractivity contribution in [3.8, 4) is 5.75 Å². The SMILES string of the molecule is CC[C@@H](C(=O)NCC(C)C)N(Cc1ccccc1Cl)C(=O)COc1ccc2ccccc2c1Br. The summed E-state index contributed by atoms with van der Waals surface area (Å²) in [4.78, 5) is 28.0. The Hall–Kier alpha value is -2.57. The van der Waals surface area contributed by atoms with Crippen molar-refractivity contribution in [2.45, 2.75) is 39.8 Å². The molecule has 0 bridgehead atoms. The zero-order valence-corrected chi connectivity index (χ0v) is 22.0. The van der Waals surface area contributed by atoms with E-state index >= 15 is 0 Å². The van der Waals surface area contributed by atoms with Crippen LogP contribution in [0.15, 0.2) is 65.1 Å². The van der Waals surface area contributed by atoms with Crippen LogP contribution in [0.25, 0.3) is 10.8 Å². The van der Waals surface area contributed by atoms with Gasteiger partial charge in [0.25, 0.3) is 5.91 Å². The zero-order chi connectivity index (χ0) is 24.7. The summed E-state index contributed by atoms with van der Waals surface area (Å²) in [5.41, 5.74) is 0.777. The van der Waals surface area contributed by atoms with Crippen LogP contribution >= 0.6 is 27.5 Å². The van der Waals surface area contributed by atoms with Gasteiger partial charge in [-0.25, -0.2) is 0 Å². The molecule has 0 saturated carbocycles. The fourth-order valence-electron chi connectivity index (χ4n) is 3.70. The number of fused-ring (bicyclic) bond motifs is 1. The molecule has 1 atom stereocenters. The molecule has 0 heterocycles. The van der Waals surface area contributed by atoms with Crippen LogP contribution in [0.5, 0.6) is 5.75 Å².